The Morgan fingerprint density at radius 1 is 1.29 bits per heavy atom. The highest BCUT2D eigenvalue weighted by atomic mass is 35.5. The van der Waals surface area contributed by atoms with E-state index >= 15 is 0 Å². The fourth-order valence-electron chi connectivity index (χ4n) is 1.76. The maximum atomic E-state index is 6.00. The van der Waals surface area contributed by atoms with E-state index in [2.05, 4.69) is 21.8 Å². The van der Waals surface area contributed by atoms with E-state index < -0.39 is 0 Å². The van der Waals surface area contributed by atoms with Crippen LogP contribution in [0, 0.1) is 19.8 Å². The van der Waals surface area contributed by atoms with E-state index in [1.54, 1.807) is 0 Å². The number of halogens is 1. The molecule has 76 valence electrons. The van der Waals surface area contributed by atoms with Crippen molar-refractivity contribution in [3.63, 3.8) is 0 Å². The van der Waals surface area contributed by atoms with Crippen LogP contribution in [0.25, 0.3) is 0 Å². The minimum absolute atomic E-state index is 0.576. The van der Waals surface area contributed by atoms with Crippen LogP contribution in [0.3, 0.4) is 0 Å². The first kappa shape index (κ1) is 9.71. The van der Waals surface area contributed by atoms with E-state index in [0.29, 0.717) is 5.15 Å². The molecule has 4 heteroatoms. The first-order valence-electron chi connectivity index (χ1n) is 4.83. The van der Waals surface area contributed by atoms with Gasteiger partial charge in [0.2, 0.25) is 0 Å². The molecule has 2 rings (SSSR count). The molecule has 0 N–H and O–H groups in total. The van der Waals surface area contributed by atoms with Crippen LogP contribution in [0.4, 0.5) is 5.82 Å². The zero-order valence-electron chi connectivity index (χ0n) is 8.71. The second-order valence-electron chi connectivity index (χ2n) is 4.02. The SMILES string of the molecule is Cc1nc(Cl)c(C)c(N2CC(C)C2)n1. The summed E-state index contributed by atoms with van der Waals surface area (Å²) in [7, 11) is 0. The smallest absolute Gasteiger partial charge is 0.137 e. The Balaban J connectivity index is 2.33. The van der Waals surface area contributed by atoms with Crippen LogP contribution in [0.2, 0.25) is 5.15 Å². The molecule has 0 unspecified atom stereocenters. The zero-order chi connectivity index (χ0) is 10.3. The normalized spacial score (nSPS) is 17.0. The Kier molecular flexibility index (Phi) is 2.35. The van der Waals surface area contributed by atoms with Gasteiger partial charge in [0.05, 0.1) is 0 Å². The number of aromatic nitrogens is 2. The van der Waals surface area contributed by atoms with Gasteiger partial charge in [0.15, 0.2) is 0 Å². The van der Waals surface area contributed by atoms with Crippen molar-refractivity contribution in [2.75, 3.05) is 18.0 Å². The molecular formula is C10H14ClN3. The molecule has 0 radical (unpaired) electrons. The Hall–Kier alpha value is -0.830. The number of anilines is 1. The van der Waals surface area contributed by atoms with Gasteiger partial charge in [-0.2, -0.15) is 0 Å². The summed E-state index contributed by atoms with van der Waals surface area (Å²) in [5.74, 6) is 2.51. The summed E-state index contributed by atoms with van der Waals surface area (Å²) in [6, 6.07) is 0. The third-order valence-electron chi connectivity index (χ3n) is 2.54. The molecule has 0 atom stereocenters. The molecule has 3 nitrogen and oxygen atoms in total. The van der Waals surface area contributed by atoms with Gasteiger partial charge in [-0.1, -0.05) is 18.5 Å². The van der Waals surface area contributed by atoms with Crippen molar-refractivity contribution in [2.24, 2.45) is 5.92 Å². The van der Waals surface area contributed by atoms with Gasteiger partial charge < -0.3 is 4.90 Å². The molecule has 0 spiro atoms. The Labute approximate surface area is 89.1 Å². The summed E-state index contributed by atoms with van der Waals surface area (Å²) >= 11 is 6.00. The van der Waals surface area contributed by atoms with Gasteiger partial charge in [0, 0.05) is 18.7 Å². The van der Waals surface area contributed by atoms with Crippen molar-refractivity contribution >= 4 is 17.4 Å². The van der Waals surface area contributed by atoms with Crippen LogP contribution in [0.5, 0.6) is 0 Å². The fourth-order valence-corrected chi connectivity index (χ4v) is 1.97. The lowest BCUT2D eigenvalue weighted by molar-refractivity contribution is 0.442. The van der Waals surface area contributed by atoms with Crippen molar-refractivity contribution in [2.45, 2.75) is 20.8 Å². The highest BCUT2D eigenvalue weighted by Gasteiger charge is 2.26. The van der Waals surface area contributed by atoms with Gasteiger partial charge in [-0.25, -0.2) is 9.97 Å². The van der Waals surface area contributed by atoms with Crippen LogP contribution in [0.1, 0.15) is 18.3 Å². The molecule has 0 bridgehead atoms. The number of nitrogens with zero attached hydrogens (tertiary/aromatic N) is 3. The van der Waals surface area contributed by atoms with Crippen molar-refractivity contribution < 1.29 is 0 Å². The van der Waals surface area contributed by atoms with Gasteiger partial charge in [-0.3, -0.25) is 0 Å². The predicted octanol–water partition coefficient (Wildman–Crippen LogP) is 2.20. The maximum absolute atomic E-state index is 6.00. The maximum Gasteiger partial charge on any atom is 0.137 e. The molecule has 1 aromatic heterocycles. The average molecular weight is 212 g/mol. The predicted molar refractivity (Wildman–Crippen MR) is 57.9 cm³/mol. The molecule has 1 aromatic rings. The molecule has 14 heavy (non-hydrogen) atoms. The summed E-state index contributed by atoms with van der Waals surface area (Å²) < 4.78 is 0. The van der Waals surface area contributed by atoms with Crippen LogP contribution in [-0.2, 0) is 0 Å². The highest BCUT2D eigenvalue weighted by molar-refractivity contribution is 6.30. The third kappa shape index (κ3) is 1.57. The van der Waals surface area contributed by atoms with Crippen LogP contribution >= 0.6 is 11.6 Å². The van der Waals surface area contributed by atoms with E-state index in [-0.39, 0.29) is 0 Å². The molecule has 0 amide bonds. The minimum atomic E-state index is 0.576. The van der Waals surface area contributed by atoms with Crippen molar-refractivity contribution in [1.29, 1.82) is 0 Å². The minimum Gasteiger partial charge on any atom is -0.356 e. The molecule has 1 aliphatic heterocycles. The molecule has 0 saturated carbocycles. The lowest BCUT2D eigenvalue weighted by Gasteiger charge is -2.39. The standard InChI is InChI=1S/C10H14ClN3/c1-6-4-14(5-6)10-7(2)9(11)12-8(3)13-10/h6H,4-5H2,1-3H3. The molecular weight excluding hydrogens is 198 g/mol. The molecule has 1 aliphatic rings. The summed E-state index contributed by atoms with van der Waals surface area (Å²) in [6.07, 6.45) is 0. The van der Waals surface area contributed by atoms with Gasteiger partial charge in [-0.15, -0.1) is 0 Å². The Morgan fingerprint density at radius 3 is 2.50 bits per heavy atom. The van der Waals surface area contributed by atoms with E-state index in [1.807, 2.05) is 13.8 Å². The first-order valence-corrected chi connectivity index (χ1v) is 5.21. The van der Waals surface area contributed by atoms with E-state index in [1.165, 1.54) is 0 Å². The van der Waals surface area contributed by atoms with Crippen LogP contribution < -0.4 is 4.90 Å². The Morgan fingerprint density at radius 2 is 1.93 bits per heavy atom. The van der Waals surface area contributed by atoms with Gasteiger partial charge in [0.25, 0.3) is 0 Å². The summed E-state index contributed by atoms with van der Waals surface area (Å²) in [4.78, 5) is 10.8. The largest absolute Gasteiger partial charge is 0.356 e. The van der Waals surface area contributed by atoms with Crippen molar-refractivity contribution in [1.82, 2.24) is 9.97 Å². The van der Waals surface area contributed by atoms with Crippen LogP contribution in [-0.4, -0.2) is 23.1 Å². The molecule has 1 saturated heterocycles. The van der Waals surface area contributed by atoms with E-state index in [9.17, 15) is 0 Å². The molecule has 0 aromatic carbocycles. The molecule has 0 aliphatic carbocycles. The fraction of sp³-hybridized carbons (Fsp3) is 0.600. The lowest BCUT2D eigenvalue weighted by Crippen LogP contribution is -2.46. The quantitative estimate of drug-likeness (QED) is 0.667. The lowest BCUT2D eigenvalue weighted by atomic mass is 10.0. The van der Waals surface area contributed by atoms with Gasteiger partial charge in [-0.05, 0) is 19.8 Å². The zero-order valence-corrected chi connectivity index (χ0v) is 9.47. The summed E-state index contributed by atoms with van der Waals surface area (Å²) in [5, 5.41) is 0.576. The molecule has 2 heterocycles. The number of hydrogen-bond donors (Lipinski definition) is 0. The second kappa shape index (κ2) is 3.39. The number of hydrogen-bond acceptors (Lipinski definition) is 3. The van der Waals surface area contributed by atoms with Crippen LogP contribution in [0.15, 0.2) is 0 Å². The number of aryl methyl sites for hydroxylation is 1. The third-order valence-corrected chi connectivity index (χ3v) is 2.90. The average Bonchev–Trinajstić information content (AvgIpc) is 2.06. The van der Waals surface area contributed by atoms with Crippen molar-refractivity contribution in [3.05, 3.63) is 16.5 Å². The van der Waals surface area contributed by atoms with Gasteiger partial charge in [0.1, 0.15) is 16.8 Å². The molecule has 1 fully saturated rings. The topological polar surface area (TPSA) is 29.0 Å². The monoisotopic (exact) mass is 211 g/mol. The van der Waals surface area contributed by atoms with E-state index in [4.69, 9.17) is 11.6 Å². The highest BCUT2D eigenvalue weighted by Crippen LogP contribution is 2.28. The van der Waals surface area contributed by atoms with E-state index in [0.717, 1.165) is 36.2 Å². The van der Waals surface area contributed by atoms with Crippen molar-refractivity contribution in [3.8, 4) is 0 Å². The second-order valence-corrected chi connectivity index (χ2v) is 4.38. The summed E-state index contributed by atoms with van der Waals surface area (Å²) in [6.45, 7) is 8.24. The van der Waals surface area contributed by atoms with Gasteiger partial charge >= 0.3 is 0 Å². The first-order chi connectivity index (χ1) is 6.58. The number of rotatable bonds is 1. The Bertz CT molecular complexity index is 359. The summed E-state index contributed by atoms with van der Waals surface area (Å²) in [5.41, 5.74) is 0.990.